The monoisotopic (exact) mass is 260 g/mol. The van der Waals surface area contributed by atoms with Crippen LogP contribution in [0.4, 0.5) is 0 Å². The number of aldehydes is 1. The molecule has 1 fully saturated rings. The Hall–Kier alpha value is -0.893. The van der Waals surface area contributed by atoms with Gasteiger partial charge in [-0.3, -0.25) is 0 Å². The van der Waals surface area contributed by atoms with Crippen molar-refractivity contribution >= 4 is 19.5 Å². The fourth-order valence-electron chi connectivity index (χ4n) is 3.56. The van der Waals surface area contributed by atoms with E-state index in [2.05, 4.69) is 37.3 Å². The van der Waals surface area contributed by atoms with Crippen molar-refractivity contribution in [1.82, 2.24) is 0 Å². The van der Waals surface area contributed by atoms with Crippen LogP contribution in [0.25, 0.3) is 0 Å². The van der Waals surface area contributed by atoms with E-state index in [4.69, 9.17) is 0 Å². The summed E-state index contributed by atoms with van der Waals surface area (Å²) in [6.45, 7) is 2.31. The van der Waals surface area contributed by atoms with Crippen molar-refractivity contribution in [2.75, 3.05) is 0 Å². The Morgan fingerprint density at radius 2 is 1.89 bits per heavy atom. The van der Waals surface area contributed by atoms with Gasteiger partial charge in [0.15, 0.2) is 0 Å². The van der Waals surface area contributed by atoms with Crippen LogP contribution in [0.3, 0.4) is 0 Å². The lowest BCUT2D eigenvalue weighted by Crippen LogP contribution is -2.49. The van der Waals surface area contributed by atoms with Gasteiger partial charge in [-0.15, -0.1) is 0 Å². The van der Waals surface area contributed by atoms with Gasteiger partial charge in [0.25, 0.3) is 0 Å². The Bertz CT molecular complexity index is 366. The molecule has 2 rings (SSSR count). The average Bonchev–Trinajstić information content (AvgIpc) is 2.43. The van der Waals surface area contributed by atoms with E-state index in [0.29, 0.717) is 5.92 Å². The van der Waals surface area contributed by atoms with Crippen molar-refractivity contribution in [3.8, 4) is 0 Å². The Labute approximate surface area is 112 Å². The first-order valence-corrected chi connectivity index (χ1v) is 9.92. The zero-order valence-corrected chi connectivity index (χ0v) is 12.4. The molecule has 0 bridgehead atoms. The summed E-state index contributed by atoms with van der Waals surface area (Å²) in [5, 5.41) is 1.65. The molecule has 1 aromatic rings. The van der Waals surface area contributed by atoms with Crippen LogP contribution in [-0.4, -0.2) is 14.4 Å². The summed E-state index contributed by atoms with van der Waals surface area (Å²) >= 11 is 0. The topological polar surface area (TPSA) is 17.1 Å². The molecule has 0 saturated carbocycles. The number of carbonyl (C=O) groups is 1. The van der Waals surface area contributed by atoms with E-state index in [1.807, 2.05) is 0 Å². The molecule has 98 valence electrons. The summed E-state index contributed by atoms with van der Waals surface area (Å²) in [5.74, 6) is 0.670. The van der Waals surface area contributed by atoms with Crippen molar-refractivity contribution in [1.29, 1.82) is 0 Å². The Morgan fingerprint density at radius 1 is 1.22 bits per heavy atom. The quantitative estimate of drug-likeness (QED) is 0.582. The van der Waals surface area contributed by atoms with Gasteiger partial charge in [0, 0.05) is 6.42 Å². The second-order valence-corrected chi connectivity index (χ2v) is 10.4. The van der Waals surface area contributed by atoms with Gasteiger partial charge < -0.3 is 4.79 Å². The second kappa shape index (κ2) is 6.33. The van der Waals surface area contributed by atoms with E-state index >= 15 is 0 Å². The van der Waals surface area contributed by atoms with E-state index in [1.165, 1.54) is 37.4 Å². The molecule has 0 spiro atoms. The van der Waals surface area contributed by atoms with Crippen LogP contribution in [0.2, 0.25) is 18.1 Å². The summed E-state index contributed by atoms with van der Waals surface area (Å²) in [7, 11) is -1.25. The van der Waals surface area contributed by atoms with Crippen LogP contribution in [-0.2, 0) is 4.79 Å². The zero-order chi connectivity index (χ0) is 12.8. The molecule has 1 aliphatic rings. The third-order valence-electron chi connectivity index (χ3n) is 4.61. The van der Waals surface area contributed by atoms with Gasteiger partial charge >= 0.3 is 0 Å². The van der Waals surface area contributed by atoms with E-state index in [9.17, 15) is 4.79 Å². The van der Waals surface area contributed by atoms with Gasteiger partial charge in [0.1, 0.15) is 6.29 Å². The van der Waals surface area contributed by atoms with Crippen molar-refractivity contribution < 1.29 is 4.79 Å². The third kappa shape index (κ3) is 2.92. The van der Waals surface area contributed by atoms with Crippen LogP contribution in [0.5, 0.6) is 0 Å². The molecule has 1 aliphatic heterocycles. The van der Waals surface area contributed by atoms with Crippen molar-refractivity contribution in [2.24, 2.45) is 5.92 Å². The molecule has 0 amide bonds. The minimum atomic E-state index is -1.25. The normalized spacial score (nSPS) is 27.9. The number of carbonyl (C=O) groups excluding carboxylic acids is 1. The van der Waals surface area contributed by atoms with E-state index in [1.54, 1.807) is 5.19 Å². The minimum absolute atomic E-state index is 0.670. The molecule has 1 nitrogen and oxygen atoms in total. The number of benzene rings is 1. The number of hydrogen-bond acceptors (Lipinski definition) is 1. The first-order chi connectivity index (χ1) is 8.80. The lowest BCUT2D eigenvalue weighted by Gasteiger charge is -2.38. The minimum Gasteiger partial charge on any atom is -0.303 e. The lowest BCUT2D eigenvalue weighted by molar-refractivity contribution is -0.108. The predicted octanol–water partition coefficient (Wildman–Crippen LogP) is 3.75. The first kappa shape index (κ1) is 13.5. The highest BCUT2D eigenvalue weighted by atomic mass is 28.3. The van der Waals surface area contributed by atoms with Gasteiger partial charge in [0.2, 0.25) is 0 Å². The maximum absolute atomic E-state index is 10.6. The SMILES string of the molecule is CCC[Si]1(c2ccccc2)CCC(CC=O)CC1. The van der Waals surface area contributed by atoms with Crippen molar-refractivity contribution in [3.05, 3.63) is 30.3 Å². The fraction of sp³-hybridized carbons (Fsp3) is 0.562. The van der Waals surface area contributed by atoms with Crippen LogP contribution < -0.4 is 5.19 Å². The van der Waals surface area contributed by atoms with E-state index in [0.717, 1.165) is 12.7 Å². The maximum atomic E-state index is 10.6. The molecule has 0 N–H and O–H groups in total. The molecule has 0 unspecified atom stereocenters. The van der Waals surface area contributed by atoms with Crippen LogP contribution in [0, 0.1) is 5.92 Å². The highest BCUT2D eigenvalue weighted by molar-refractivity contribution is 6.92. The Morgan fingerprint density at radius 3 is 2.44 bits per heavy atom. The first-order valence-electron chi connectivity index (χ1n) is 7.30. The van der Waals surface area contributed by atoms with Gasteiger partial charge in [-0.05, 0) is 5.92 Å². The Balaban J connectivity index is 2.12. The third-order valence-corrected chi connectivity index (χ3v) is 10.1. The largest absolute Gasteiger partial charge is 0.303 e. The van der Waals surface area contributed by atoms with Crippen molar-refractivity contribution in [2.45, 2.75) is 50.7 Å². The molecule has 0 atom stereocenters. The summed E-state index contributed by atoms with van der Waals surface area (Å²) in [6.07, 6.45) is 5.76. The van der Waals surface area contributed by atoms with Gasteiger partial charge in [-0.25, -0.2) is 0 Å². The maximum Gasteiger partial charge on any atom is 0.120 e. The van der Waals surface area contributed by atoms with Crippen LogP contribution >= 0.6 is 0 Å². The summed E-state index contributed by atoms with van der Waals surface area (Å²) in [5.41, 5.74) is 0. The highest BCUT2D eigenvalue weighted by Crippen LogP contribution is 2.36. The summed E-state index contributed by atoms with van der Waals surface area (Å²) < 4.78 is 0. The molecule has 2 heteroatoms. The van der Waals surface area contributed by atoms with Gasteiger partial charge in [0.05, 0.1) is 8.07 Å². The van der Waals surface area contributed by atoms with Crippen LogP contribution in [0.15, 0.2) is 30.3 Å². The lowest BCUT2D eigenvalue weighted by atomic mass is 10.00. The van der Waals surface area contributed by atoms with Gasteiger partial charge in [-0.1, -0.05) is 79.8 Å². The molecule has 0 radical (unpaired) electrons. The molecule has 0 aliphatic carbocycles. The number of hydrogen-bond donors (Lipinski definition) is 0. The molecule has 1 saturated heterocycles. The second-order valence-electron chi connectivity index (χ2n) is 5.74. The number of rotatable bonds is 5. The van der Waals surface area contributed by atoms with Crippen molar-refractivity contribution in [3.63, 3.8) is 0 Å². The standard InChI is InChI=1S/C16H24OSi/c1-2-12-18(16-6-4-3-5-7-16)13-9-15(8-11-17)10-14-18/h3-7,11,15H,2,8-10,12-14H2,1H3. The molecule has 1 heterocycles. The molecular weight excluding hydrogens is 236 g/mol. The molecule has 1 aromatic carbocycles. The van der Waals surface area contributed by atoms with E-state index in [-0.39, 0.29) is 0 Å². The molecule has 0 aromatic heterocycles. The zero-order valence-electron chi connectivity index (χ0n) is 11.4. The molecular formula is C16H24OSi. The Kier molecular flexibility index (Phi) is 4.76. The van der Waals surface area contributed by atoms with Gasteiger partial charge in [-0.2, -0.15) is 0 Å². The fourth-order valence-corrected chi connectivity index (χ4v) is 8.95. The highest BCUT2D eigenvalue weighted by Gasteiger charge is 2.37. The average molecular weight is 260 g/mol. The van der Waals surface area contributed by atoms with E-state index < -0.39 is 8.07 Å². The smallest absolute Gasteiger partial charge is 0.120 e. The summed E-state index contributed by atoms with van der Waals surface area (Å²) in [6, 6.07) is 15.4. The summed E-state index contributed by atoms with van der Waals surface area (Å²) in [4.78, 5) is 10.6. The molecule has 18 heavy (non-hydrogen) atoms. The van der Waals surface area contributed by atoms with Crippen LogP contribution in [0.1, 0.15) is 32.6 Å². The predicted molar refractivity (Wildman–Crippen MR) is 79.9 cm³/mol.